The molecule has 20 heavy (non-hydrogen) atoms. The summed E-state index contributed by atoms with van der Waals surface area (Å²) in [6.45, 7) is 5.97. The van der Waals surface area contributed by atoms with Gasteiger partial charge in [-0.15, -0.1) is 0 Å². The molecule has 0 saturated carbocycles. The largest absolute Gasteiger partial charge is 0.409 e. The predicted molar refractivity (Wildman–Crippen MR) is 81.9 cm³/mol. The van der Waals surface area contributed by atoms with Crippen LogP contribution in [0.15, 0.2) is 29.6 Å². The molecule has 0 fully saturated rings. The zero-order valence-corrected chi connectivity index (χ0v) is 12.7. The molecule has 0 amide bonds. The van der Waals surface area contributed by atoms with Gasteiger partial charge in [-0.1, -0.05) is 25.1 Å². The van der Waals surface area contributed by atoms with Crippen molar-refractivity contribution in [3.8, 4) is 0 Å². The lowest BCUT2D eigenvalue weighted by atomic mass is 9.86. The fraction of sp³-hybridized carbons (Fsp3) is 0.600. The Hall–Kier alpha value is -1.62. The minimum Gasteiger partial charge on any atom is -0.409 e. The highest BCUT2D eigenvalue weighted by molar-refractivity contribution is 5.85. The maximum Gasteiger partial charge on any atom is 0.144 e. The summed E-state index contributed by atoms with van der Waals surface area (Å²) in [7, 11) is 2.11. The van der Waals surface area contributed by atoms with Crippen molar-refractivity contribution in [3.05, 3.63) is 30.1 Å². The Kier molecular flexibility index (Phi) is 6.45. The van der Waals surface area contributed by atoms with Crippen molar-refractivity contribution < 1.29 is 5.21 Å². The predicted octanol–water partition coefficient (Wildman–Crippen LogP) is 2.11. The zero-order chi connectivity index (χ0) is 15.0. The van der Waals surface area contributed by atoms with Crippen molar-refractivity contribution in [2.75, 3.05) is 20.1 Å². The summed E-state index contributed by atoms with van der Waals surface area (Å²) in [6, 6.07) is 6.00. The molecule has 112 valence electrons. The topological polar surface area (TPSA) is 74.7 Å². The van der Waals surface area contributed by atoms with Crippen LogP contribution in [0.4, 0.5) is 0 Å². The van der Waals surface area contributed by atoms with E-state index in [0.717, 1.165) is 38.0 Å². The third kappa shape index (κ3) is 5.57. The first-order valence-corrected chi connectivity index (χ1v) is 7.02. The molecule has 0 aromatic carbocycles. The maximum absolute atomic E-state index is 8.73. The highest BCUT2D eigenvalue weighted by Crippen LogP contribution is 2.22. The molecule has 0 aliphatic carbocycles. The summed E-state index contributed by atoms with van der Waals surface area (Å²) in [4.78, 5) is 6.61. The van der Waals surface area contributed by atoms with E-state index in [1.807, 2.05) is 32.2 Å². The van der Waals surface area contributed by atoms with Crippen LogP contribution in [0.1, 0.15) is 32.4 Å². The standard InChI is InChI=1S/C15H26N4O/c1-15(2,14(16)18-20)9-6-11-19(3)12-8-13-7-4-5-10-17-13/h4-5,7,10,20H,6,8-9,11-12H2,1-3H3,(H2,16,18). The van der Waals surface area contributed by atoms with E-state index in [0.29, 0.717) is 5.84 Å². The van der Waals surface area contributed by atoms with Gasteiger partial charge in [0.25, 0.3) is 0 Å². The molecule has 1 aromatic rings. The normalized spacial score (nSPS) is 12.9. The number of oxime groups is 1. The van der Waals surface area contributed by atoms with E-state index in [2.05, 4.69) is 28.2 Å². The first kappa shape index (κ1) is 16.4. The lowest BCUT2D eigenvalue weighted by Crippen LogP contribution is -2.33. The van der Waals surface area contributed by atoms with Crippen LogP contribution >= 0.6 is 0 Å². The lowest BCUT2D eigenvalue weighted by molar-refractivity contribution is 0.291. The number of pyridine rings is 1. The number of likely N-dealkylation sites (N-methyl/N-ethyl adjacent to an activating group) is 1. The molecule has 1 aromatic heterocycles. The monoisotopic (exact) mass is 278 g/mol. The van der Waals surface area contributed by atoms with Gasteiger partial charge in [-0.05, 0) is 38.6 Å². The number of hydrogen-bond donors (Lipinski definition) is 2. The molecule has 0 atom stereocenters. The summed E-state index contributed by atoms with van der Waals surface area (Å²) < 4.78 is 0. The SMILES string of the molecule is CN(CCCC(C)(C)C(N)=NO)CCc1ccccn1. The number of nitrogens with zero attached hydrogens (tertiary/aromatic N) is 3. The smallest absolute Gasteiger partial charge is 0.144 e. The number of amidine groups is 1. The highest BCUT2D eigenvalue weighted by Gasteiger charge is 2.22. The van der Waals surface area contributed by atoms with Gasteiger partial charge >= 0.3 is 0 Å². The summed E-state index contributed by atoms with van der Waals surface area (Å²) >= 11 is 0. The molecule has 5 heteroatoms. The quantitative estimate of drug-likeness (QED) is 0.330. The average Bonchev–Trinajstić information content (AvgIpc) is 2.45. The zero-order valence-electron chi connectivity index (χ0n) is 12.7. The summed E-state index contributed by atoms with van der Waals surface area (Å²) in [6.07, 6.45) is 4.70. The van der Waals surface area contributed by atoms with Crippen molar-refractivity contribution in [2.24, 2.45) is 16.3 Å². The average molecular weight is 278 g/mol. The van der Waals surface area contributed by atoms with Gasteiger partial charge in [0.2, 0.25) is 0 Å². The number of aromatic nitrogens is 1. The Bertz CT molecular complexity index is 417. The Labute approximate surface area is 121 Å². The minimum atomic E-state index is -0.253. The molecule has 0 saturated heterocycles. The highest BCUT2D eigenvalue weighted by atomic mass is 16.4. The molecule has 0 radical (unpaired) electrons. The first-order chi connectivity index (χ1) is 9.45. The van der Waals surface area contributed by atoms with Crippen LogP contribution in [0, 0.1) is 5.41 Å². The van der Waals surface area contributed by atoms with Gasteiger partial charge in [-0.25, -0.2) is 0 Å². The molecule has 0 aliphatic rings. The van der Waals surface area contributed by atoms with E-state index >= 15 is 0 Å². The van der Waals surface area contributed by atoms with Gasteiger partial charge in [0, 0.05) is 30.3 Å². The molecule has 0 spiro atoms. The Morgan fingerprint density at radius 3 is 2.75 bits per heavy atom. The van der Waals surface area contributed by atoms with Gasteiger partial charge in [0.15, 0.2) is 0 Å². The fourth-order valence-electron chi connectivity index (χ4n) is 2.02. The van der Waals surface area contributed by atoms with Crippen LogP contribution in [-0.2, 0) is 6.42 Å². The van der Waals surface area contributed by atoms with Gasteiger partial charge in [0.1, 0.15) is 5.84 Å². The second kappa shape index (κ2) is 7.85. The van der Waals surface area contributed by atoms with Crippen molar-refractivity contribution in [3.63, 3.8) is 0 Å². The minimum absolute atomic E-state index is 0.253. The van der Waals surface area contributed by atoms with E-state index in [4.69, 9.17) is 10.9 Å². The van der Waals surface area contributed by atoms with E-state index in [1.54, 1.807) is 0 Å². The fourth-order valence-corrected chi connectivity index (χ4v) is 2.02. The molecular weight excluding hydrogens is 252 g/mol. The van der Waals surface area contributed by atoms with Crippen LogP contribution < -0.4 is 5.73 Å². The van der Waals surface area contributed by atoms with Crippen molar-refractivity contribution in [1.29, 1.82) is 0 Å². The summed E-state index contributed by atoms with van der Waals surface area (Å²) in [5.74, 6) is 0.300. The van der Waals surface area contributed by atoms with E-state index < -0.39 is 0 Å². The Morgan fingerprint density at radius 1 is 1.40 bits per heavy atom. The van der Waals surface area contributed by atoms with Gasteiger partial charge in [-0.2, -0.15) is 0 Å². The second-order valence-electron chi connectivity index (χ2n) is 5.85. The van der Waals surface area contributed by atoms with Crippen LogP contribution in [0.2, 0.25) is 0 Å². The van der Waals surface area contributed by atoms with Gasteiger partial charge in [0.05, 0.1) is 0 Å². The van der Waals surface area contributed by atoms with Crippen molar-refractivity contribution in [2.45, 2.75) is 33.1 Å². The molecule has 1 heterocycles. The lowest BCUT2D eigenvalue weighted by Gasteiger charge is -2.24. The van der Waals surface area contributed by atoms with E-state index in [-0.39, 0.29) is 5.41 Å². The van der Waals surface area contributed by atoms with Crippen LogP contribution in [0.3, 0.4) is 0 Å². The van der Waals surface area contributed by atoms with Gasteiger partial charge < -0.3 is 15.8 Å². The third-order valence-electron chi connectivity index (χ3n) is 3.62. The molecule has 0 bridgehead atoms. The molecular formula is C15H26N4O. The number of rotatable bonds is 8. The van der Waals surface area contributed by atoms with Crippen LogP contribution in [-0.4, -0.2) is 41.1 Å². The summed E-state index contributed by atoms with van der Waals surface area (Å²) in [5.41, 5.74) is 6.55. The van der Waals surface area contributed by atoms with Crippen molar-refractivity contribution >= 4 is 5.84 Å². The van der Waals surface area contributed by atoms with Crippen LogP contribution in [0.25, 0.3) is 0 Å². The van der Waals surface area contributed by atoms with Gasteiger partial charge in [-0.3, -0.25) is 4.98 Å². The molecule has 0 unspecified atom stereocenters. The number of hydrogen-bond acceptors (Lipinski definition) is 4. The Balaban J connectivity index is 2.25. The van der Waals surface area contributed by atoms with E-state index in [9.17, 15) is 0 Å². The third-order valence-corrected chi connectivity index (χ3v) is 3.62. The van der Waals surface area contributed by atoms with E-state index in [1.165, 1.54) is 0 Å². The summed E-state index contributed by atoms with van der Waals surface area (Å²) in [5, 5.41) is 11.8. The Morgan fingerprint density at radius 2 is 2.15 bits per heavy atom. The first-order valence-electron chi connectivity index (χ1n) is 7.02. The number of nitrogens with two attached hydrogens (primary N) is 1. The molecule has 1 rings (SSSR count). The van der Waals surface area contributed by atoms with Crippen molar-refractivity contribution in [1.82, 2.24) is 9.88 Å². The maximum atomic E-state index is 8.73. The second-order valence-corrected chi connectivity index (χ2v) is 5.85. The van der Waals surface area contributed by atoms with Crippen LogP contribution in [0.5, 0.6) is 0 Å². The molecule has 5 nitrogen and oxygen atoms in total. The molecule has 3 N–H and O–H groups in total. The molecule has 0 aliphatic heterocycles.